The molecular formula is C31H55N9O11. The van der Waals surface area contributed by atoms with Crippen molar-refractivity contribution in [3.05, 3.63) is 0 Å². The highest BCUT2D eigenvalue weighted by atomic mass is 16.4. The second kappa shape index (κ2) is 22.1. The van der Waals surface area contributed by atoms with Crippen molar-refractivity contribution in [1.29, 1.82) is 0 Å². The minimum absolute atomic E-state index is 0.105. The van der Waals surface area contributed by atoms with Gasteiger partial charge in [0.05, 0.1) is 19.1 Å². The molecule has 0 aliphatic heterocycles. The fourth-order valence-corrected chi connectivity index (χ4v) is 4.53. The van der Waals surface area contributed by atoms with Gasteiger partial charge >= 0.3 is 5.97 Å². The Morgan fingerprint density at radius 3 is 1.49 bits per heavy atom. The van der Waals surface area contributed by atoms with Crippen molar-refractivity contribution in [3.63, 3.8) is 0 Å². The van der Waals surface area contributed by atoms with Gasteiger partial charge in [0.1, 0.15) is 36.3 Å². The first-order chi connectivity index (χ1) is 23.5. The third kappa shape index (κ3) is 17.1. The summed E-state index contributed by atoms with van der Waals surface area (Å²) in [6, 6.07) is -9.42. The Kier molecular flexibility index (Phi) is 20.0. The number of carboxylic acid groups (broad SMARTS) is 1. The lowest BCUT2D eigenvalue weighted by Gasteiger charge is -2.28. The molecule has 290 valence electrons. The summed E-state index contributed by atoms with van der Waals surface area (Å²) >= 11 is 0. The topological polar surface area (TPSA) is 344 Å². The molecule has 0 aliphatic rings. The zero-order valence-corrected chi connectivity index (χ0v) is 30.1. The number of carbonyl (C=O) groups is 9. The summed E-state index contributed by atoms with van der Waals surface area (Å²) in [6.07, 6.45) is -1.04. The molecule has 0 spiro atoms. The van der Waals surface area contributed by atoms with Crippen LogP contribution in [-0.4, -0.2) is 112 Å². The molecule has 0 rings (SSSR count). The number of carbonyl (C=O) groups excluding carboxylic acids is 8. The lowest BCUT2D eigenvalue weighted by atomic mass is 9.99. The summed E-state index contributed by atoms with van der Waals surface area (Å²) in [7, 11) is 0. The van der Waals surface area contributed by atoms with E-state index in [2.05, 4.69) is 31.9 Å². The van der Waals surface area contributed by atoms with Gasteiger partial charge in [-0.3, -0.25) is 38.4 Å². The van der Waals surface area contributed by atoms with Crippen molar-refractivity contribution in [1.82, 2.24) is 31.9 Å². The van der Waals surface area contributed by atoms with Gasteiger partial charge in [-0.2, -0.15) is 0 Å². The maximum absolute atomic E-state index is 13.5. The van der Waals surface area contributed by atoms with Gasteiger partial charge < -0.3 is 59.3 Å². The van der Waals surface area contributed by atoms with E-state index in [0.29, 0.717) is 0 Å². The third-order valence-corrected chi connectivity index (χ3v) is 7.46. The van der Waals surface area contributed by atoms with Crippen LogP contribution in [0.4, 0.5) is 0 Å². The van der Waals surface area contributed by atoms with Gasteiger partial charge in [-0.15, -0.1) is 0 Å². The molecule has 7 atom stereocenters. The number of nitrogens with two attached hydrogens (primary N) is 3. The molecule has 20 nitrogen and oxygen atoms in total. The van der Waals surface area contributed by atoms with E-state index in [1.54, 1.807) is 41.5 Å². The van der Waals surface area contributed by atoms with Crippen molar-refractivity contribution < 1.29 is 53.4 Å². The smallest absolute Gasteiger partial charge is 0.326 e. The number of aliphatic hydroxyl groups is 1. The SMILES string of the molecule is CC(C)C[C@H](NC(=O)[C@H](CCC(N)=O)NC(=O)[C@@H](NC(=O)[C@H](C)NC(=O)[C@H](CO)NC(=O)[C@@H](N)CC(N)=O)C(C)C)C(=O)N[C@H](C(=O)O)C(C)C. The summed E-state index contributed by atoms with van der Waals surface area (Å²) in [5.41, 5.74) is 15.8. The minimum Gasteiger partial charge on any atom is -0.480 e. The summed E-state index contributed by atoms with van der Waals surface area (Å²) in [5, 5.41) is 33.4. The number of primary amides is 2. The van der Waals surface area contributed by atoms with Gasteiger partial charge in [-0.1, -0.05) is 41.5 Å². The molecule has 0 aromatic rings. The summed E-state index contributed by atoms with van der Waals surface area (Å²) in [4.78, 5) is 112. The molecular weight excluding hydrogens is 674 g/mol. The Morgan fingerprint density at radius 2 is 1.04 bits per heavy atom. The number of nitrogens with one attached hydrogen (secondary N) is 6. The standard InChI is InChI=1S/C31H55N9O11/c1-13(2)10-19(28(47)40-24(15(5)6)31(50)51)37-27(46)18(8-9-21(33)42)36-30(49)23(14(3)4)39-25(44)16(7)35-29(48)20(12-41)38-26(45)17(32)11-22(34)43/h13-20,23-24,41H,8-12,32H2,1-7H3,(H2,33,42)(H2,34,43)(H,35,48)(H,36,49)(H,37,46)(H,38,45)(H,39,44)(H,40,47)(H,50,51)/t16-,17-,18-,19-,20-,23-,24-/m0/s1. The van der Waals surface area contributed by atoms with Gasteiger partial charge in [0, 0.05) is 6.42 Å². The first-order valence-electron chi connectivity index (χ1n) is 16.5. The molecule has 0 unspecified atom stereocenters. The highest BCUT2D eigenvalue weighted by molar-refractivity contribution is 5.97. The molecule has 0 heterocycles. The lowest BCUT2D eigenvalue weighted by Crippen LogP contribution is -2.60. The maximum atomic E-state index is 13.5. The fourth-order valence-electron chi connectivity index (χ4n) is 4.53. The van der Waals surface area contributed by atoms with Gasteiger partial charge in [0.2, 0.25) is 47.3 Å². The quantitative estimate of drug-likeness (QED) is 0.0477. The minimum atomic E-state index is -1.55. The average molecular weight is 730 g/mol. The number of aliphatic hydroxyl groups excluding tert-OH is 1. The predicted molar refractivity (Wildman–Crippen MR) is 181 cm³/mol. The first kappa shape index (κ1) is 46.1. The largest absolute Gasteiger partial charge is 0.480 e. The van der Waals surface area contributed by atoms with Crippen LogP contribution >= 0.6 is 0 Å². The third-order valence-electron chi connectivity index (χ3n) is 7.46. The second-order valence-electron chi connectivity index (χ2n) is 13.3. The Bertz CT molecular complexity index is 1280. The van der Waals surface area contributed by atoms with E-state index < -0.39 is 120 Å². The molecule has 0 aromatic carbocycles. The molecule has 8 amide bonds. The predicted octanol–water partition coefficient (Wildman–Crippen LogP) is -4.18. The maximum Gasteiger partial charge on any atom is 0.326 e. The lowest BCUT2D eigenvalue weighted by molar-refractivity contribution is -0.143. The van der Waals surface area contributed by atoms with Gasteiger partial charge in [0.15, 0.2) is 0 Å². The first-order valence-corrected chi connectivity index (χ1v) is 16.5. The van der Waals surface area contributed by atoms with Crippen molar-refractivity contribution in [2.75, 3.05) is 6.61 Å². The zero-order valence-electron chi connectivity index (χ0n) is 30.1. The Hall–Kier alpha value is -4.85. The van der Waals surface area contributed by atoms with Crippen LogP contribution in [-0.2, 0) is 43.2 Å². The normalized spacial score (nSPS) is 15.3. The van der Waals surface area contributed by atoms with Crippen molar-refractivity contribution in [2.45, 2.75) is 116 Å². The van der Waals surface area contributed by atoms with E-state index in [1.807, 2.05) is 0 Å². The molecule has 0 saturated heterocycles. The van der Waals surface area contributed by atoms with Crippen LogP contribution in [0, 0.1) is 17.8 Å². The summed E-state index contributed by atoms with van der Waals surface area (Å²) in [5.74, 6) is -9.42. The Morgan fingerprint density at radius 1 is 0.569 bits per heavy atom. The van der Waals surface area contributed by atoms with E-state index in [9.17, 15) is 53.4 Å². The van der Waals surface area contributed by atoms with Crippen molar-refractivity contribution in [2.24, 2.45) is 35.0 Å². The highest BCUT2D eigenvalue weighted by Gasteiger charge is 2.34. The molecule has 0 aromatic heterocycles. The van der Waals surface area contributed by atoms with Crippen LogP contribution in [0.2, 0.25) is 0 Å². The van der Waals surface area contributed by atoms with E-state index >= 15 is 0 Å². The monoisotopic (exact) mass is 729 g/mol. The summed E-state index contributed by atoms with van der Waals surface area (Å²) < 4.78 is 0. The molecule has 0 aliphatic carbocycles. The average Bonchev–Trinajstić information content (AvgIpc) is 3.00. The van der Waals surface area contributed by atoms with E-state index in [-0.39, 0.29) is 25.2 Å². The molecule has 20 heteroatoms. The number of carboxylic acids is 1. The molecule has 51 heavy (non-hydrogen) atoms. The number of aliphatic carboxylic acids is 1. The Labute approximate surface area is 296 Å². The Balaban J connectivity index is 5.90. The fraction of sp³-hybridized carbons (Fsp3) is 0.710. The highest BCUT2D eigenvalue weighted by Crippen LogP contribution is 2.10. The van der Waals surface area contributed by atoms with E-state index in [4.69, 9.17) is 17.2 Å². The second-order valence-corrected chi connectivity index (χ2v) is 13.3. The van der Waals surface area contributed by atoms with Gasteiger partial charge in [-0.25, -0.2) is 4.79 Å². The van der Waals surface area contributed by atoms with Crippen LogP contribution in [0.15, 0.2) is 0 Å². The van der Waals surface area contributed by atoms with Crippen LogP contribution in [0.25, 0.3) is 0 Å². The zero-order chi connectivity index (χ0) is 39.7. The number of hydrogen-bond donors (Lipinski definition) is 11. The van der Waals surface area contributed by atoms with Gasteiger partial charge in [-0.05, 0) is 37.5 Å². The molecule has 0 saturated carbocycles. The van der Waals surface area contributed by atoms with E-state index in [0.717, 1.165) is 0 Å². The molecule has 0 fully saturated rings. The van der Waals surface area contributed by atoms with Crippen LogP contribution < -0.4 is 49.1 Å². The number of amides is 8. The van der Waals surface area contributed by atoms with E-state index in [1.165, 1.54) is 6.92 Å². The molecule has 14 N–H and O–H groups in total. The summed E-state index contributed by atoms with van der Waals surface area (Å²) in [6.45, 7) is 10.3. The van der Waals surface area contributed by atoms with Gasteiger partial charge in [0.25, 0.3) is 0 Å². The van der Waals surface area contributed by atoms with Crippen LogP contribution in [0.3, 0.4) is 0 Å². The van der Waals surface area contributed by atoms with Crippen LogP contribution in [0.5, 0.6) is 0 Å². The number of hydrogen-bond acceptors (Lipinski definition) is 11. The molecule has 0 radical (unpaired) electrons. The van der Waals surface area contributed by atoms with Crippen molar-refractivity contribution >= 4 is 53.2 Å². The molecule has 0 bridgehead atoms. The number of rotatable bonds is 23. The van der Waals surface area contributed by atoms with Crippen molar-refractivity contribution in [3.8, 4) is 0 Å². The van der Waals surface area contributed by atoms with Crippen LogP contribution in [0.1, 0.15) is 74.1 Å².